The first-order chi connectivity index (χ1) is 15.5. The molecule has 0 saturated carbocycles. The van der Waals surface area contributed by atoms with E-state index in [1.54, 1.807) is 24.3 Å². The minimum absolute atomic E-state index is 0.197. The van der Waals surface area contributed by atoms with Crippen LogP contribution in [-0.2, 0) is 15.4 Å². The number of hydrogen-bond donors (Lipinski definition) is 3. The fourth-order valence-corrected chi connectivity index (χ4v) is 4.46. The number of nitro benzene ring substituents is 1. The number of nitrogens with zero attached hydrogens (tertiary/aromatic N) is 3. The fourth-order valence-electron chi connectivity index (χ4n) is 3.36. The molecule has 170 valence electrons. The molecule has 0 spiro atoms. The third-order valence-electron chi connectivity index (χ3n) is 5.11. The number of fused-ring (bicyclic) bond motifs is 1. The number of hydrogen-bond acceptors (Lipinski definition) is 7. The second-order valence-corrected chi connectivity index (χ2v) is 10.3. The highest BCUT2D eigenvalue weighted by atomic mass is 32.2. The summed E-state index contributed by atoms with van der Waals surface area (Å²) in [5, 5.41) is 18.6. The Hall–Kier alpha value is -3.99. The molecule has 0 aliphatic carbocycles. The van der Waals surface area contributed by atoms with Crippen LogP contribution in [0.5, 0.6) is 0 Å². The molecule has 0 bridgehead atoms. The number of nitrogens with two attached hydrogens (primary N) is 1. The number of nitrogen functional groups attached to an aromatic ring is 1. The number of nitro groups is 1. The number of aromatic amines is 1. The summed E-state index contributed by atoms with van der Waals surface area (Å²) in [6.07, 6.45) is 0. The molecule has 10 nitrogen and oxygen atoms in total. The highest BCUT2D eigenvalue weighted by Gasteiger charge is 2.21. The standard InChI is InChI=1S/C22H22N6O4S/c1-22(2,3)18-12-17(19-20(23)25-26-21(19)24-18)13-7-9-14(10-8-13)27-33(31,32)16-6-4-5-15(11-16)28(29)30/h4-12,27H,1-3H3,(H3,23,24,25,26). The number of pyridine rings is 1. The van der Waals surface area contributed by atoms with Crippen LogP contribution in [0.15, 0.2) is 59.5 Å². The van der Waals surface area contributed by atoms with Crippen molar-refractivity contribution in [3.63, 3.8) is 0 Å². The lowest BCUT2D eigenvalue weighted by Crippen LogP contribution is -2.14. The van der Waals surface area contributed by atoms with Gasteiger partial charge in [0.05, 0.1) is 15.2 Å². The first kappa shape index (κ1) is 22.2. The Morgan fingerprint density at radius 3 is 2.42 bits per heavy atom. The summed E-state index contributed by atoms with van der Waals surface area (Å²) in [6.45, 7) is 6.16. The Labute approximate surface area is 190 Å². The van der Waals surface area contributed by atoms with Crippen molar-refractivity contribution < 1.29 is 13.3 Å². The van der Waals surface area contributed by atoms with E-state index in [9.17, 15) is 18.5 Å². The first-order valence-corrected chi connectivity index (χ1v) is 11.5. The predicted molar refractivity (Wildman–Crippen MR) is 126 cm³/mol. The van der Waals surface area contributed by atoms with Crippen molar-refractivity contribution in [1.82, 2.24) is 15.2 Å². The minimum Gasteiger partial charge on any atom is -0.382 e. The highest BCUT2D eigenvalue weighted by molar-refractivity contribution is 7.92. The number of rotatable bonds is 5. The average Bonchev–Trinajstić information content (AvgIpc) is 3.14. The van der Waals surface area contributed by atoms with E-state index in [1.165, 1.54) is 18.2 Å². The van der Waals surface area contributed by atoms with Gasteiger partial charge in [0.2, 0.25) is 0 Å². The van der Waals surface area contributed by atoms with Crippen LogP contribution in [0.3, 0.4) is 0 Å². The van der Waals surface area contributed by atoms with Gasteiger partial charge in [-0.15, -0.1) is 0 Å². The molecule has 0 unspecified atom stereocenters. The molecule has 2 heterocycles. The third-order valence-corrected chi connectivity index (χ3v) is 6.49. The van der Waals surface area contributed by atoms with Gasteiger partial charge in [-0.3, -0.25) is 19.9 Å². The molecular formula is C22H22N6O4S. The van der Waals surface area contributed by atoms with E-state index in [0.29, 0.717) is 22.5 Å². The fraction of sp³-hybridized carbons (Fsp3) is 0.182. The zero-order chi connectivity index (χ0) is 24.0. The Kier molecular flexibility index (Phi) is 5.29. The monoisotopic (exact) mass is 466 g/mol. The normalized spacial score (nSPS) is 12.1. The number of H-pyrrole nitrogens is 1. The van der Waals surface area contributed by atoms with E-state index in [4.69, 9.17) is 5.73 Å². The Bertz CT molecular complexity index is 1470. The molecule has 4 aromatic rings. The molecule has 0 amide bonds. The van der Waals surface area contributed by atoms with Crippen LogP contribution in [0.4, 0.5) is 17.2 Å². The maximum absolute atomic E-state index is 12.7. The summed E-state index contributed by atoms with van der Waals surface area (Å²) in [7, 11) is -4.00. The van der Waals surface area contributed by atoms with E-state index < -0.39 is 14.9 Å². The summed E-state index contributed by atoms with van der Waals surface area (Å²) in [4.78, 5) is 14.8. The quantitative estimate of drug-likeness (QED) is 0.293. The number of non-ortho nitro benzene ring substituents is 1. The molecule has 0 atom stereocenters. The summed E-state index contributed by atoms with van der Waals surface area (Å²) < 4.78 is 27.9. The molecule has 0 saturated heterocycles. The lowest BCUT2D eigenvalue weighted by atomic mass is 9.89. The van der Waals surface area contributed by atoms with Crippen molar-refractivity contribution in [2.24, 2.45) is 0 Å². The molecular weight excluding hydrogens is 444 g/mol. The Morgan fingerprint density at radius 2 is 1.79 bits per heavy atom. The van der Waals surface area contributed by atoms with Crippen molar-refractivity contribution in [3.05, 3.63) is 70.4 Å². The largest absolute Gasteiger partial charge is 0.382 e. The molecule has 0 aliphatic rings. The van der Waals surface area contributed by atoms with Crippen molar-refractivity contribution in [2.45, 2.75) is 31.1 Å². The van der Waals surface area contributed by atoms with Gasteiger partial charge in [0.25, 0.3) is 15.7 Å². The number of nitrogens with one attached hydrogen (secondary N) is 2. The first-order valence-electron chi connectivity index (χ1n) is 9.98. The van der Waals surface area contributed by atoms with Gasteiger partial charge in [0.1, 0.15) is 0 Å². The summed E-state index contributed by atoms with van der Waals surface area (Å²) >= 11 is 0. The number of benzene rings is 2. The molecule has 0 aliphatic heterocycles. The van der Waals surface area contributed by atoms with Gasteiger partial charge in [0.15, 0.2) is 11.5 Å². The molecule has 2 aromatic heterocycles. The van der Waals surface area contributed by atoms with Gasteiger partial charge in [-0.1, -0.05) is 39.0 Å². The van der Waals surface area contributed by atoms with Gasteiger partial charge >= 0.3 is 0 Å². The minimum atomic E-state index is -4.00. The zero-order valence-electron chi connectivity index (χ0n) is 18.2. The van der Waals surface area contributed by atoms with Crippen LogP contribution >= 0.6 is 0 Å². The second-order valence-electron chi connectivity index (χ2n) is 8.57. The Balaban J connectivity index is 1.70. The smallest absolute Gasteiger partial charge is 0.270 e. The third kappa shape index (κ3) is 4.35. The van der Waals surface area contributed by atoms with Crippen LogP contribution in [-0.4, -0.2) is 28.5 Å². The maximum atomic E-state index is 12.7. The second kappa shape index (κ2) is 7.85. The Morgan fingerprint density at radius 1 is 1.09 bits per heavy atom. The molecule has 33 heavy (non-hydrogen) atoms. The molecule has 0 radical (unpaired) electrons. The van der Waals surface area contributed by atoms with Gasteiger partial charge in [0, 0.05) is 28.9 Å². The lowest BCUT2D eigenvalue weighted by Gasteiger charge is -2.19. The van der Waals surface area contributed by atoms with Crippen molar-refractivity contribution in [3.8, 4) is 11.1 Å². The zero-order valence-corrected chi connectivity index (χ0v) is 19.0. The summed E-state index contributed by atoms with van der Waals surface area (Å²) in [6, 6.07) is 13.6. The average molecular weight is 467 g/mol. The van der Waals surface area contributed by atoms with Gasteiger partial charge in [-0.25, -0.2) is 13.4 Å². The predicted octanol–water partition coefficient (Wildman–Crippen LogP) is 4.21. The number of anilines is 2. The molecule has 2 aromatic carbocycles. The van der Waals surface area contributed by atoms with E-state index >= 15 is 0 Å². The lowest BCUT2D eigenvalue weighted by molar-refractivity contribution is -0.385. The van der Waals surface area contributed by atoms with Gasteiger partial charge in [-0.2, -0.15) is 5.10 Å². The molecule has 0 fully saturated rings. The summed E-state index contributed by atoms with van der Waals surface area (Å²) in [5.41, 5.74) is 8.91. The molecule has 4 rings (SSSR count). The summed E-state index contributed by atoms with van der Waals surface area (Å²) in [5.74, 6) is 0.323. The van der Waals surface area contributed by atoms with Crippen LogP contribution < -0.4 is 10.5 Å². The van der Waals surface area contributed by atoms with E-state index in [2.05, 4.69) is 40.7 Å². The van der Waals surface area contributed by atoms with E-state index in [0.717, 1.165) is 22.9 Å². The van der Waals surface area contributed by atoms with Crippen LogP contribution in [0.1, 0.15) is 26.5 Å². The topological polar surface area (TPSA) is 157 Å². The van der Waals surface area contributed by atoms with Crippen molar-refractivity contribution in [1.29, 1.82) is 0 Å². The maximum Gasteiger partial charge on any atom is 0.270 e. The highest BCUT2D eigenvalue weighted by Crippen LogP contribution is 2.35. The van der Waals surface area contributed by atoms with Crippen LogP contribution in [0.2, 0.25) is 0 Å². The SMILES string of the molecule is CC(C)(C)c1cc(-c2ccc(NS(=O)(=O)c3cccc([N+](=O)[O-])c3)cc2)c2c(N)n[nH]c2n1. The number of sulfonamides is 1. The van der Waals surface area contributed by atoms with Crippen molar-refractivity contribution in [2.75, 3.05) is 10.5 Å². The van der Waals surface area contributed by atoms with Crippen LogP contribution in [0, 0.1) is 10.1 Å². The molecule has 11 heteroatoms. The number of aromatic nitrogens is 3. The van der Waals surface area contributed by atoms with Gasteiger partial charge < -0.3 is 5.73 Å². The van der Waals surface area contributed by atoms with E-state index in [-0.39, 0.29) is 16.0 Å². The van der Waals surface area contributed by atoms with Crippen molar-refractivity contribution >= 4 is 38.2 Å². The van der Waals surface area contributed by atoms with E-state index in [1.807, 2.05) is 6.07 Å². The van der Waals surface area contributed by atoms with Gasteiger partial charge in [-0.05, 0) is 35.4 Å². The van der Waals surface area contributed by atoms with Crippen LogP contribution in [0.25, 0.3) is 22.2 Å². The molecule has 4 N–H and O–H groups in total.